The van der Waals surface area contributed by atoms with Crippen molar-refractivity contribution < 1.29 is 52.3 Å². The van der Waals surface area contributed by atoms with Crippen molar-refractivity contribution in [3.8, 4) is 0 Å². The van der Waals surface area contributed by atoms with Crippen LogP contribution in [0, 0.1) is 5.41 Å². The van der Waals surface area contributed by atoms with E-state index in [1.807, 2.05) is 0 Å². The lowest BCUT2D eigenvalue weighted by atomic mass is 9.90. The Kier molecular flexibility index (Phi) is 10.3. The van der Waals surface area contributed by atoms with Crippen molar-refractivity contribution in [1.29, 1.82) is 5.41 Å². The lowest BCUT2D eigenvalue weighted by Crippen LogP contribution is -2.70. The van der Waals surface area contributed by atoms with Crippen LogP contribution in [-0.4, -0.2) is 72.4 Å². The Morgan fingerprint density at radius 1 is 0.585 bits per heavy atom. The van der Waals surface area contributed by atoms with Gasteiger partial charge in [-0.2, -0.15) is 0 Å². The van der Waals surface area contributed by atoms with Crippen LogP contribution in [0.3, 0.4) is 0 Å². The maximum atomic E-state index is 13.9. The van der Waals surface area contributed by atoms with Crippen molar-refractivity contribution in [3.63, 3.8) is 0 Å². The number of ether oxygens (including phenoxy) is 7. The minimum absolute atomic E-state index is 0.142. The number of nitrogens with one attached hydrogen (secondary N) is 1. The van der Waals surface area contributed by atoms with Crippen LogP contribution in [0.25, 0.3) is 0 Å². The van der Waals surface area contributed by atoms with E-state index < -0.39 is 72.4 Å². The normalized spacial score (nSPS) is 24.5. The molecule has 1 aliphatic carbocycles. The second-order valence-corrected chi connectivity index (χ2v) is 13.0. The molecule has 272 valence electrons. The number of benzene rings is 4. The van der Waals surface area contributed by atoms with E-state index in [2.05, 4.69) is 0 Å². The Morgan fingerprint density at radius 2 is 1.02 bits per heavy atom. The monoisotopic (exact) mass is 719 g/mol. The summed E-state index contributed by atoms with van der Waals surface area (Å²) in [5.41, 5.74) is 0.689. The summed E-state index contributed by atoms with van der Waals surface area (Å²) >= 11 is 0. The van der Waals surface area contributed by atoms with E-state index in [0.29, 0.717) is 12.8 Å². The van der Waals surface area contributed by atoms with Gasteiger partial charge >= 0.3 is 23.9 Å². The zero-order valence-corrected chi connectivity index (χ0v) is 28.6. The molecule has 0 aromatic heterocycles. The standard InChI is InChI=1S/C41H37NO11/c42-39-41(53-40(52-39)24-14-5-15-25-40)34(50-38(46)30-22-12-4-13-23-30)33(49-37(45)29-20-10-3-11-21-29)32(48-36(44)28-18-8-2-9-19-28)31(51-41)26-47-35(43)27-16-6-1-7-17-27/h1-4,6-13,16-23,31-34,42H,5,14-15,24-26H2/t31-,32-,33+,34-,41-/m1/s1. The zero-order valence-electron chi connectivity index (χ0n) is 28.6. The first-order chi connectivity index (χ1) is 25.8. The molecule has 4 aromatic rings. The third kappa shape index (κ3) is 7.55. The second-order valence-electron chi connectivity index (χ2n) is 13.0. The molecule has 12 nitrogen and oxygen atoms in total. The summed E-state index contributed by atoms with van der Waals surface area (Å²) in [5.74, 6) is -7.43. The quantitative estimate of drug-likeness (QED) is 0.153. The van der Waals surface area contributed by atoms with Crippen molar-refractivity contribution in [1.82, 2.24) is 0 Å². The highest BCUT2D eigenvalue weighted by atomic mass is 16.9. The van der Waals surface area contributed by atoms with Gasteiger partial charge in [-0.05, 0) is 61.4 Å². The molecule has 2 saturated heterocycles. The van der Waals surface area contributed by atoms with Crippen LogP contribution in [0.5, 0.6) is 0 Å². The average Bonchev–Trinajstić information content (AvgIpc) is 3.46. The molecule has 2 spiro atoms. The number of hydrogen-bond donors (Lipinski definition) is 1. The SMILES string of the molecule is N=C1OC2(CCCCC2)O[C@@]12O[C@H](COC(=O)c1ccccc1)[C@@H](OC(=O)c1ccccc1)[C@H](OC(=O)c1ccccc1)[C@H]2OC(=O)c1ccccc1. The molecule has 3 aliphatic rings. The second kappa shape index (κ2) is 15.4. The van der Waals surface area contributed by atoms with E-state index in [9.17, 15) is 24.6 Å². The summed E-state index contributed by atoms with van der Waals surface area (Å²) in [6.45, 7) is -0.551. The summed E-state index contributed by atoms with van der Waals surface area (Å²) in [4.78, 5) is 54.8. The minimum atomic E-state index is -2.32. The molecule has 2 heterocycles. The van der Waals surface area contributed by atoms with Gasteiger partial charge in [0.25, 0.3) is 5.79 Å². The predicted molar refractivity (Wildman–Crippen MR) is 187 cm³/mol. The van der Waals surface area contributed by atoms with E-state index in [-0.39, 0.29) is 22.3 Å². The molecule has 0 bridgehead atoms. The number of rotatable bonds is 9. The van der Waals surface area contributed by atoms with Crippen LogP contribution < -0.4 is 0 Å². The zero-order chi connectivity index (χ0) is 36.8. The maximum absolute atomic E-state index is 13.9. The van der Waals surface area contributed by atoms with Gasteiger partial charge in [-0.15, -0.1) is 0 Å². The van der Waals surface area contributed by atoms with Crippen LogP contribution in [0.15, 0.2) is 121 Å². The van der Waals surface area contributed by atoms with E-state index in [1.165, 1.54) is 36.4 Å². The molecule has 7 rings (SSSR count). The topological polar surface area (TPSA) is 157 Å². The average molecular weight is 720 g/mol. The molecule has 53 heavy (non-hydrogen) atoms. The predicted octanol–water partition coefficient (Wildman–Crippen LogP) is 6.30. The van der Waals surface area contributed by atoms with Gasteiger partial charge in [0.15, 0.2) is 12.2 Å². The van der Waals surface area contributed by atoms with E-state index in [1.54, 1.807) is 84.9 Å². The molecule has 4 aromatic carbocycles. The third-order valence-electron chi connectivity index (χ3n) is 9.38. The Morgan fingerprint density at radius 3 is 1.51 bits per heavy atom. The van der Waals surface area contributed by atoms with Gasteiger partial charge in [0.2, 0.25) is 17.8 Å². The molecule has 5 atom stereocenters. The molecule has 3 fully saturated rings. The Bertz CT molecular complexity index is 1930. The van der Waals surface area contributed by atoms with Crippen LogP contribution in [0.2, 0.25) is 0 Å². The van der Waals surface area contributed by atoms with E-state index >= 15 is 0 Å². The maximum Gasteiger partial charge on any atom is 0.338 e. The van der Waals surface area contributed by atoms with Gasteiger partial charge in [0.05, 0.1) is 22.3 Å². The van der Waals surface area contributed by atoms with Crippen molar-refractivity contribution in [2.45, 2.75) is 68.1 Å². The number of carbonyl (C=O) groups excluding carboxylic acids is 4. The van der Waals surface area contributed by atoms with Gasteiger partial charge in [-0.25, -0.2) is 19.2 Å². The first-order valence-corrected chi connectivity index (χ1v) is 17.4. The summed E-state index contributed by atoms with van der Waals surface area (Å²) in [7, 11) is 0. The number of carbonyl (C=O) groups is 4. The molecule has 0 radical (unpaired) electrons. The van der Waals surface area contributed by atoms with Crippen molar-refractivity contribution in [2.75, 3.05) is 6.61 Å². The Labute approximate surface area is 305 Å². The third-order valence-corrected chi connectivity index (χ3v) is 9.38. The van der Waals surface area contributed by atoms with Gasteiger partial charge in [-0.1, -0.05) is 79.2 Å². The summed E-state index contributed by atoms with van der Waals surface area (Å²) in [6.07, 6.45) is -3.29. The fraction of sp³-hybridized carbons (Fsp3) is 0.293. The van der Waals surface area contributed by atoms with E-state index in [4.69, 9.17) is 33.2 Å². The number of esters is 4. The highest BCUT2D eigenvalue weighted by molar-refractivity contribution is 5.93. The molecule has 2 aliphatic heterocycles. The van der Waals surface area contributed by atoms with Crippen LogP contribution in [0.4, 0.5) is 0 Å². The summed E-state index contributed by atoms with van der Waals surface area (Å²) in [6, 6.07) is 32.5. The van der Waals surface area contributed by atoms with Gasteiger partial charge < -0.3 is 28.4 Å². The lowest BCUT2D eigenvalue weighted by molar-refractivity contribution is -0.356. The molecule has 12 heteroatoms. The Hall–Kier alpha value is -5.85. The van der Waals surface area contributed by atoms with Crippen molar-refractivity contribution in [3.05, 3.63) is 144 Å². The lowest BCUT2D eigenvalue weighted by Gasteiger charge is -2.48. The highest BCUT2D eigenvalue weighted by Crippen LogP contribution is 2.49. The molecular formula is C41H37NO11. The highest BCUT2D eigenvalue weighted by Gasteiger charge is 2.71. The van der Waals surface area contributed by atoms with E-state index in [0.717, 1.165) is 19.3 Å². The smallest absolute Gasteiger partial charge is 0.338 e. The van der Waals surface area contributed by atoms with Gasteiger partial charge in [-0.3, -0.25) is 10.1 Å². The van der Waals surface area contributed by atoms with Crippen LogP contribution in [0.1, 0.15) is 73.5 Å². The molecule has 1 N–H and O–H groups in total. The molecule has 0 amide bonds. The van der Waals surface area contributed by atoms with Gasteiger partial charge in [0.1, 0.15) is 12.7 Å². The molecular weight excluding hydrogens is 682 g/mol. The van der Waals surface area contributed by atoms with Crippen LogP contribution in [-0.2, 0) is 33.2 Å². The van der Waals surface area contributed by atoms with Crippen LogP contribution >= 0.6 is 0 Å². The summed E-state index contributed by atoms with van der Waals surface area (Å²) in [5, 5.41) is 9.23. The molecule has 0 unspecified atom stereocenters. The Balaban J connectivity index is 1.34. The van der Waals surface area contributed by atoms with Crippen molar-refractivity contribution >= 4 is 29.8 Å². The molecule has 1 saturated carbocycles. The first kappa shape index (κ1) is 35.5. The fourth-order valence-corrected chi connectivity index (χ4v) is 6.77. The number of hydrogen-bond acceptors (Lipinski definition) is 12. The minimum Gasteiger partial charge on any atom is -0.459 e. The van der Waals surface area contributed by atoms with Gasteiger partial charge in [0, 0.05) is 12.8 Å². The van der Waals surface area contributed by atoms with Crippen molar-refractivity contribution in [2.24, 2.45) is 0 Å². The first-order valence-electron chi connectivity index (χ1n) is 17.4. The fourth-order valence-electron chi connectivity index (χ4n) is 6.77. The largest absolute Gasteiger partial charge is 0.459 e. The summed E-state index contributed by atoms with van der Waals surface area (Å²) < 4.78 is 43.5.